The summed E-state index contributed by atoms with van der Waals surface area (Å²) in [6, 6.07) is 4.84. The Hall–Kier alpha value is -2.57. The average Bonchev–Trinajstić information content (AvgIpc) is 2.46. The highest BCUT2D eigenvalue weighted by molar-refractivity contribution is 5.93. The van der Waals surface area contributed by atoms with Gasteiger partial charge in [0.15, 0.2) is 0 Å². The quantitative estimate of drug-likeness (QED) is 0.807. The molecule has 20 heavy (non-hydrogen) atoms. The van der Waals surface area contributed by atoms with E-state index in [9.17, 15) is 14.4 Å². The fraction of sp³-hybridized carbons (Fsp3) is 0.308. The maximum Gasteiger partial charge on any atom is 0.337 e. The monoisotopic (exact) mass is 280 g/mol. The molecule has 1 rings (SSSR count). The molecule has 1 aromatic rings. The van der Waals surface area contributed by atoms with E-state index in [1.54, 1.807) is 12.1 Å². The molecule has 1 aromatic carbocycles. The Kier molecular flexibility index (Phi) is 5.52. The van der Waals surface area contributed by atoms with Crippen LogP contribution in [-0.2, 0) is 14.3 Å². The summed E-state index contributed by atoms with van der Waals surface area (Å²) in [4.78, 5) is 34.0. The molecule has 0 heterocycles. The molecule has 0 fully saturated rings. The van der Waals surface area contributed by atoms with E-state index in [0.29, 0.717) is 11.3 Å². The Morgan fingerprint density at radius 3 is 2.15 bits per heavy atom. The van der Waals surface area contributed by atoms with E-state index < -0.39 is 24.0 Å². The van der Waals surface area contributed by atoms with Gasteiger partial charge in [-0.2, -0.15) is 0 Å². The molecule has 0 aliphatic rings. The summed E-state index contributed by atoms with van der Waals surface area (Å²) in [5.74, 6) is -0.999. The molecule has 0 unspecified atom stereocenters. The lowest BCUT2D eigenvalue weighted by molar-refractivity contribution is -0.142. The minimum absolute atomic E-state index is 0.376. The molecule has 0 radical (unpaired) electrons. The topological polar surface area (TPSA) is 93.7 Å². The van der Waals surface area contributed by atoms with Gasteiger partial charge in [-0.3, -0.25) is 0 Å². The first kappa shape index (κ1) is 15.5. The molecule has 0 aliphatic heterocycles. The van der Waals surface area contributed by atoms with Crippen molar-refractivity contribution in [3.8, 4) is 0 Å². The van der Waals surface area contributed by atoms with E-state index in [4.69, 9.17) is 0 Å². The van der Waals surface area contributed by atoms with Crippen LogP contribution in [0.25, 0.3) is 0 Å². The summed E-state index contributed by atoms with van der Waals surface area (Å²) < 4.78 is 9.04. The summed E-state index contributed by atoms with van der Waals surface area (Å²) in [7, 11) is 2.53. The zero-order valence-electron chi connectivity index (χ0n) is 11.4. The number of carbonyl (C=O) groups is 3. The maximum atomic E-state index is 11.6. The maximum absolute atomic E-state index is 11.6. The molecule has 1 atom stereocenters. The van der Waals surface area contributed by atoms with Crippen LogP contribution in [0.2, 0.25) is 0 Å². The van der Waals surface area contributed by atoms with Crippen molar-refractivity contribution >= 4 is 23.7 Å². The second-order valence-corrected chi connectivity index (χ2v) is 3.91. The van der Waals surface area contributed by atoms with E-state index in [0.717, 1.165) is 0 Å². The third-order valence-corrected chi connectivity index (χ3v) is 2.47. The molecule has 0 aromatic heterocycles. The fourth-order valence-corrected chi connectivity index (χ4v) is 1.41. The Morgan fingerprint density at radius 1 is 1.05 bits per heavy atom. The standard InChI is InChI=1S/C13H16N2O5/c1-8(11(16)19-2)14-13(18)15-10-6-4-9(5-7-10)12(17)20-3/h4-8H,1-3H3,(H2,14,15,18)/t8-/m0/s1. The number of nitrogens with one attached hydrogen (secondary N) is 2. The zero-order valence-corrected chi connectivity index (χ0v) is 11.4. The number of rotatable bonds is 4. The molecule has 0 bridgehead atoms. The van der Waals surface area contributed by atoms with E-state index >= 15 is 0 Å². The number of carbonyl (C=O) groups excluding carboxylic acids is 3. The van der Waals surface area contributed by atoms with Crippen molar-refractivity contribution in [1.29, 1.82) is 0 Å². The zero-order chi connectivity index (χ0) is 15.1. The minimum atomic E-state index is -0.755. The van der Waals surface area contributed by atoms with Gasteiger partial charge >= 0.3 is 18.0 Å². The molecule has 0 spiro atoms. The van der Waals surface area contributed by atoms with Gasteiger partial charge in [-0.05, 0) is 31.2 Å². The summed E-state index contributed by atoms with van der Waals surface area (Å²) in [5.41, 5.74) is 0.855. The lowest BCUT2D eigenvalue weighted by Crippen LogP contribution is -2.41. The predicted octanol–water partition coefficient (Wildman–Crippen LogP) is 1.16. The van der Waals surface area contributed by atoms with Gasteiger partial charge in [-0.15, -0.1) is 0 Å². The smallest absolute Gasteiger partial charge is 0.337 e. The third-order valence-electron chi connectivity index (χ3n) is 2.47. The van der Waals surface area contributed by atoms with E-state index in [1.165, 1.54) is 33.3 Å². The first-order valence-electron chi connectivity index (χ1n) is 5.81. The Labute approximate surface area is 116 Å². The second kappa shape index (κ2) is 7.13. The van der Waals surface area contributed by atoms with Crippen molar-refractivity contribution in [1.82, 2.24) is 5.32 Å². The molecule has 0 saturated carbocycles. The van der Waals surface area contributed by atoms with Crippen LogP contribution in [0.5, 0.6) is 0 Å². The van der Waals surface area contributed by atoms with Gasteiger partial charge < -0.3 is 20.1 Å². The van der Waals surface area contributed by atoms with Gasteiger partial charge in [0.25, 0.3) is 0 Å². The lowest BCUT2D eigenvalue weighted by Gasteiger charge is -2.12. The number of esters is 2. The minimum Gasteiger partial charge on any atom is -0.467 e. The molecular formula is C13H16N2O5. The fourth-order valence-electron chi connectivity index (χ4n) is 1.41. The van der Waals surface area contributed by atoms with Gasteiger partial charge in [0, 0.05) is 5.69 Å². The van der Waals surface area contributed by atoms with Crippen LogP contribution >= 0.6 is 0 Å². The highest BCUT2D eigenvalue weighted by Gasteiger charge is 2.15. The van der Waals surface area contributed by atoms with Crippen molar-refractivity contribution in [2.24, 2.45) is 0 Å². The van der Waals surface area contributed by atoms with E-state index in [1.807, 2.05) is 0 Å². The molecule has 7 nitrogen and oxygen atoms in total. The lowest BCUT2D eigenvalue weighted by atomic mass is 10.2. The van der Waals surface area contributed by atoms with Gasteiger partial charge in [0.2, 0.25) is 0 Å². The van der Waals surface area contributed by atoms with Crippen LogP contribution in [0, 0.1) is 0 Å². The van der Waals surface area contributed by atoms with E-state index in [-0.39, 0.29) is 0 Å². The van der Waals surface area contributed by atoms with Crippen LogP contribution < -0.4 is 10.6 Å². The predicted molar refractivity (Wildman–Crippen MR) is 71.4 cm³/mol. The number of ether oxygens (including phenoxy) is 2. The number of anilines is 1. The van der Waals surface area contributed by atoms with Crippen molar-refractivity contribution in [2.75, 3.05) is 19.5 Å². The Morgan fingerprint density at radius 2 is 1.65 bits per heavy atom. The highest BCUT2D eigenvalue weighted by atomic mass is 16.5. The van der Waals surface area contributed by atoms with Crippen LogP contribution in [-0.4, -0.2) is 38.2 Å². The normalized spacial score (nSPS) is 11.2. The summed E-state index contributed by atoms with van der Waals surface area (Å²) >= 11 is 0. The molecule has 2 N–H and O–H groups in total. The SMILES string of the molecule is COC(=O)c1ccc(NC(=O)N[C@@H](C)C(=O)OC)cc1. The molecular weight excluding hydrogens is 264 g/mol. The summed E-state index contributed by atoms with van der Waals surface area (Å²) in [6.45, 7) is 1.51. The van der Waals surface area contributed by atoms with E-state index in [2.05, 4.69) is 20.1 Å². The first-order chi connectivity index (χ1) is 9.47. The molecule has 7 heteroatoms. The summed E-state index contributed by atoms with van der Waals surface area (Å²) in [5, 5.41) is 4.94. The van der Waals surface area contributed by atoms with Crippen molar-refractivity contribution in [3.63, 3.8) is 0 Å². The average molecular weight is 280 g/mol. The van der Waals surface area contributed by atoms with Gasteiger partial charge in [-0.25, -0.2) is 14.4 Å². The third kappa shape index (κ3) is 4.27. The Balaban J connectivity index is 2.58. The number of hydrogen-bond donors (Lipinski definition) is 2. The number of urea groups is 1. The van der Waals surface area contributed by atoms with Crippen molar-refractivity contribution in [3.05, 3.63) is 29.8 Å². The first-order valence-corrected chi connectivity index (χ1v) is 5.81. The highest BCUT2D eigenvalue weighted by Crippen LogP contribution is 2.10. The molecule has 0 aliphatic carbocycles. The summed E-state index contributed by atoms with van der Waals surface area (Å²) in [6.07, 6.45) is 0. The number of methoxy groups -OCH3 is 2. The van der Waals surface area contributed by atoms with Crippen molar-refractivity contribution in [2.45, 2.75) is 13.0 Å². The van der Waals surface area contributed by atoms with Crippen LogP contribution in [0.15, 0.2) is 24.3 Å². The number of benzene rings is 1. The Bertz CT molecular complexity index is 498. The molecule has 0 saturated heterocycles. The van der Waals surface area contributed by atoms with Gasteiger partial charge in [-0.1, -0.05) is 0 Å². The molecule has 2 amide bonds. The number of hydrogen-bond acceptors (Lipinski definition) is 5. The van der Waals surface area contributed by atoms with Gasteiger partial charge in [0.1, 0.15) is 6.04 Å². The van der Waals surface area contributed by atoms with Crippen LogP contribution in [0.3, 0.4) is 0 Å². The second-order valence-electron chi connectivity index (χ2n) is 3.91. The van der Waals surface area contributed by atoms with Crippen LogP contribution in [0.4, 0.5) is 10.5 Å². The number of amides is 2. The van der Waals surface area contributed by atoms with Crippen molar-refractivity contribution < 1.29 is 23.9 Å². The largest absolute Gasteiger partial charge is 0.467 e. The molecule has 108 valence electrons. The van der Waals surface area contributed by atoms with Crippen LogP contribution in [0.1, 0.15) is 17.3 Å². The van der Waals surface area contributed by atoms with Gasteiger partial charge in [0.05, 0.1) is 19.8 Å².